The predicted molar refractivity (Wildman–Crippen MR) is 65.7 cm³/mol. The maximum absolute atomic E-state index is 11.1. The fourth-order valence-corrected chi connectivity index (χ4v) is 1.94. The molecular weight excluding hydrogens is 234 g/mol. The van der Waals surface area contributed by atoms with Crippen LogP contribution in [0.2, 0.25) is 0 Å². The number of carbonyl (C=O) groups is 1. The van der Waals surface area contributed by atoms with Gasteiger partial charge < -0.3 is 20.3 Å². The average Bonchev–Trinajstić information content (AvgIpc) is 2.37. The number of phenolic OH excluding ortho intramolecular Hbond substituents is 1. The molecule has 0 spiro atoms. The lowest BCUT2D eigenvalue weighted by atomic mass is 10.0. The summed E-state index contributed by atoms with van der Waals surface area (Å²) in [4.78, 5) is 11.1. The summed E-state index contributed by atoms with van der Waals surface area (Å²) in [6.45, 7) is 2.09. The zero-order valence-corrected chi connectivity index (χ0v) is 10.1. The Hall–Kier alpha value is -1.75. The van der Waals surface area contributed by atoms with E-state index in [1.54, 1.807) is 6.07 Å². The van der Waals surface area contributed by atoms with Crippen LogP contribution in [-0.2, 0) is 4.74 Å². The van der Waals surface area contributed by atoms with Gasteiger partial charge in [0.1, 0.15) is 11.5 Å². The summed E-state index contributed by atoms with van der Waals surface area (Å²) < 4.78 is 10.9. The molecule has 0 atom stereocenters. The largest absolute Gasteiger partial charge is 0.508 e. The van der Waals surface area contributed by atoms with Gasteiger partial charge in [-0.25, -0.2) is 0 Å². The number of hydrogen-bond donors (Lipinski definition) is 2. The van der Waals surface area contributed by atoms with Crippen LogP contribution in [0.15, 0.2) is 18.2 Å². The van der Waals surface area contributed by atoms with Crippen LogP contribution < -0.4 is 10.5 Å². The van der Waals surface area contributed by atoms with E-state index in [2.05, 4.69) is 0 Å². The van der Waals surface area contributed by atoms with Crippen molar-refractivity contribution in [1.82, 2.24) is 0 Å². The van der Waals surface area contributed by atoms with Gasteiger partial charge in [-0.1, -0.05) is 0 Å². The molecule has 1 aliphatic rings. The second kappa shape index (κ2) is 5.73. The highest BCUT2D eigenvalue weighted by Gasteiger charge is 2.15. The van der Waals surface area contributed by atoms with Gasteiger partial charge in [0.25, 0.3) is 0 Å². The average molecular weight is 251 g/mol. The topological polar surface area (TPSA) is 81.8 Å². The molecule has 0 aromatic heterocycles. The monoisotopic (exact) mass is 251 g/mol. The number of nitrogens with two attached hydrogens (primary N) is 1. The summed E-state index contributed by atoms with van der Waals surface area (Å²) in [5.41, 5.74) is 5.42. The van der Waals surface area contributed by atoms with Gasteiger partial charge in [0, 0.05) is 24.8 Å². The molecule has 1 saturated heterocycles. The molecule has 1 aromatic carbocycles. The van der Waals surface area contributed by atoms with E-state index in [1.165, 1.54) is 12.1 Å². The number of phenols is 1. The molecule has 1 aromatic rings. The normalized spacial score (nSPS) is 16.4. The summed E-state index contributed by atoms with van der Waals surface area (Å²) in [6, 6.07) is 4.34. The second-order valence-electron chi connectivity index (χ2n) is 4.45. The molecule has 1 aliphatic heterocycles. The zero-order valence-electron chi connectivity index (χ0n) is 10.1. The van der Waals surface area contributed by atoms with Crippen LogP contribution in [0.1, 0.15) is 23.2 Å². The number of aromatic hydroxyl groups is 1. The third-order valence-corrected chi connectivity index (χ3v) is 3.00. The summed E-state index contributed by atoms with van der Waals surface area (Å²) in [7, 11) is 0. The van der Waals surface area contributed by atoms with Crippen LogP contribution in [0.5, 0.6) is 11.5 Å². The number of primary amides is 1. The van der Waals surface area contributed by atoms with E-state index < -0.39 is 5.91 Å². The first-order valence-corrected chi connectivity index (χ1v) is 5.99. The van der Waals surface area contributed by atoms with Crippen molar-refractivity contribution in [2.24, 2.45) is 11.7 Å². The molecule has 3 N–H and O–H groups in total. The fourth-order valence-electron chi connectivity index (χ4n) is 1.94. The van der Waals surface area contributed by atoms with Crippen molar-refractivity contribution in [2.75, 3.05) is 19.8 Å². The van der Waals surface area contributed by atoms with Crippen LogP contribution >= 0.6 is 0 Å². The van der Waals surface area contributed by atoms with E-state index in [0.717, 1.165) is 26.1 Å². The lowest BCUT2D eigenvalue weighted by Crippen LogP contribution is -2.21. The lowest BCUT2D eigenvalue weighted by Gasteiger charge is -2.22. The smallest absolute Gasteiger partial charge is 0.248 e. The van der Waals surface area contributed by atoms with Crippen molar-refractivity contribution in [3.05, 3.63) is 23.8 Å². The third kappa shape index (κ3) is 3.37. The Bertz CT molecular complexity index is 427. The van der Waals surface area contributed by atoms with Crippen LogP contribution in [-0.4, -0.2) is 30.8 Å². The number of hydrogen-bond acceptors (Lipinski definition) is 4. The first kappa shape index (κ1) is 12.7. The molecule has 2 rings (SSSR count). The molecule has 1 amide bonds. The Balaban J connectivity index is 1.97. The van der Waals surface area contributed by atoms with Gasteiger partial charge in [-0.3, -0.25) is 4.79 Å². The molecule has 1 fully saturated rings. The van der Waals surface area contributed by atoms with Gasteiger partial charge >= 0.3 is 0 Å². The number of amides is 1. The zero-order chi connectivity index (χ0) is 13.0. The Kier molecular flexibility index (Phi) is 4.04. The Morgan fingerprint density at radius 1 is 1.39 bits per heavy atom. The van der Waals surface area contributed by atoms with E-state index in [1.807, 2.05) is 0 Å². The van der Waals surface area contributed by atoms with E-state index in [-0.39, 0.29) is 11.3 Å². The molecule has 0 bridgehead atoms. The SMILES string of the molecule is NC(=O)c1cc(O)cc(OCC2CCOCC2)c1. The molecular formula is C13H17NO4. The number of rotatable bonds is 4. The Morgan fingerprint density at radius 3 is 2.78 bits per heavy atom. The van der Waals surface area contributed by atoms with Crippen molar-refractivity contribution in [3.8, 4) is 11.5 Å². The highest BCUT2D eigenvalue weighted by atomic mass is 16.5. The quantitative estimate of drug-likeness (QED) is 0.845. The van der Waals surface area contributed by atoms with E-state index >= 15 is 0 Å². The van der Waals surface area contributed by atoms with Gasteiger partial charge in [-0.15, -0.1) is 0 Å². The molecule has 98 valence electrons. The lowest BCUT2D eigenvalue weighted by molar-refractivity contribution is 0.0497. The van der Waals surface area contributed by atoms with Crippen molar-refractivity contribution in [2.45, 2.75) is 12.8 Å². The molecule has 5 nitrogen and oxygen atoms in total. The van der Waals surface area contributed by atoms with E-state index in [9.17, 15) is 9.90 Å². The minimum Gasteiger partial charge on any atom is -0.508 e. The van der Waals surface area contributed by atoms with E-state index in [4.69, 9.17) is 15.2 Å². The van der Waals surface area contributed by atoms with Gasteiger partial charge in [0.05, 0.1) is 6.61 Å². The number of carbonyl (C=O) groups excluding carboxylic acids is 1. The van der Waals surface area contributed by atoms with Crippen LogP contribution in [0.3, 0.4) is 0 Å². The third-order valence-electron chi connectivity index (χ3n) is 3.00. The Morgan fingerprint density at radius 2 is 2.11 bits per heavy atom. The molecule has 18 heavy (non-hydrogen) atoms. The van der Waals surface area contributed by atoms with Gasteiger partial charge in [-0.2, -0.15) is 0 Å². The summed E-state index contributed by atoms with van der Waals surface area (Å²) >= 11 is 0. The molecule has 5 heteroatoms. The molecule has 0 unspecified atom stereocenters. The van der Waals surface area contributed by atoms with Gasteiger partial charge in [0.2, 0.25) is 5.91 Å². The van der Waals surface area contributed by atoms with Crippen molar-refractivity contribution in [3.63, 3.8) is 0 Å². The molecule has 1 heterocycles. The van der Waals surface area contributed by atoms with E-state index in [0.29, 0.717) is 18.3 Å². The highest BCUT2D eigenvalue weighted by Crippen LogP contribution is 2.23. The first-order valence-electron chi connectivity index (χ1n) is 5.99. The van der Waals surface area contributed by atoms with Crippen molar-refractivity contribution >= 4 is 5.91 Å². The maximum Gasteiger partial charge on any atom is 0.248 e. The maximum atomic E-state index is 11.1. The number of ether oxygens (including phenoxy) is 2. The van der Waals surface area contributed by atoms with Crippen LogP contribution in [0.25, 0.3) is 0 Å². The standard InChI is InChI=1S/C13H17NO4/c14-13(16)10-5-11(15)7-12(6-10)18-8-9-1-3-17-4-2-9/h5-7,9,15H,1-4,8H2,(H2,14,16). The first-order chi connectivity index (χ1) is 8.65. The number of benzene rings is 1. The minimum absolute atomic E-state index is 0.0201. The molecule has 0 saturated carbocycles. The highest BCUT2D eigenvalue weighted by molar-refractivity contribution is 5.93. The van der Waals surface area contributed by atoms with Crippen molar-refractivity contribution < 1.29 is 19.4 Å². The second-order valence-corrected chi connectivity index (χ2v) is 4.45. The van der Waals surface area contributed by atoms with Crippen LogP contribution in [0, 0.1) is 5.92 Å². The molecule has 0 aliphatic carbocycles. The predicted octanol–water partition coefficient (Wildman–Crippen LogP) is 1.30. The summed E-state index contributed by atoms with van der Waals surface area (Å²) in [5.74, 6) is 0.323. The minimum atomic E-state index is -0.582. The summed E-state index contributed by atoms with van der Waals surface area (Å²) in [5, 5.41) is 9.47. The summed E-state index contributed by atoms with van der Waals surface area (Å²) in [6.07, 6.45) is 1.95. The van der Waals surface area contributed by atoms with Crippen molar-refractivity contribution in [1.29, 1.82) is 0 Å². The Labute approximate surface area is 106 Å². The fraction of sp³-hybridized carbons (Fsp3) is 0.462. The van der Waals surface area contributed by atoms with Gasteiger partial charge in [-0.05, 0) is 30.9 Å². The van der Waals surface area contributed by atoms with Gasteiger partial charge in [0.15, 0.2) is 0 Å². The molecule has 0 radical (unpaired) electrons. The van der Waals surface area contributed by atoms with Crippen LogP contribution in [0.4, 0.5) is 0 Å².